The Kier molecular flexibility index (Phi) is 5.56. The third kappa shape index (κ3) is 3.99. The molecular formula is C15H21NO2. The number of likely N-dealkylation sites (N-methyl/N-ethyl adjacent to an activating group) is 1. The number of hydrogen-bond acceptors (Lipinski definition) is 2. The molecule has 1 atom stereocenters. The van der Waals surface area contributed by atoms with Gasteiger partial charge in [0, 0.05) is 13.6 Å². The van der Waals surface area contributed by atoms with Gasteiger partial charge in [-0.3, -0.25) is 9.59 Å². The fraction of sp³-hybridized carbons (Fsp3) is 0.467. The molecule has 1 aromatic rings. The van der Waals surface area contributed by atoms with Crippen LogP contribution < -0.4 is 0 Å². The molecule has 0 heterocycles. The van der Waals surface area contributed by atoms with Crippen molar-refractivity contribution in [2.75, 3.05) is 13.6 Å². The highest BCUT2D eigenvalue weighted by Gasteiger charge is 2.07. The van der Waals surface area contributed by atoms with Gasteiger partial charge in [-0.05, 0) is 29.9 Å². The second-order valence-electron chi connectivity index (χ2n) is 4.68. The molecule has 3 heteroatoms. The average Bonchev–Trinajstić information content (AvgIpc) is 2.43. The van der Waals surface area contributed by atoms with Crippen LogP contribution in [0.4, 0.5) is 0 Å². The zero-order chi connectivity index (χ0) is 13.5. The lowest BCUT2D eigenvalue weighted by molar-refractivity contribution is -0.137. The maximum Gasteiger partial charge on any atom is 0.286 e. The predicted molar refractivity (Wildman–Crippen MR) is 72.6 cm³/mol. The standard InChI is InChI=1S/C15H21NO2/c1-4-12(2)14-7-5-13(6-8-14)9-10-16(3)15(18)11-17/h5-8,11-12H,4,9-10H2,1-3H3. The van der Waals surface area contributed by atoms with Gasteiger partial charge < -0.3 is 4.90 Å². The van der Waals surface area contributed by atoms with Crippen molar-refractivity contribution in [1.29, 1.82) is 0 Å². The lowest BCUT2D eigenvalue weighted by Crippen LogP contribution is -2.29. The van der Waals surface area contributed by atoms with E-state index in [9.17, 15) is 9.59 Å². The Bertz CT molecular complexity index is 397. The largest absolute Gasteiger partial charge is 0.339 e. The van der Waals surface area contributed by atoms with Gasteiger partial charge in [0.1, 0.15) is 0 Å². The van der Waals surface area contributed by atoms with E-state index in [1.807, 2.05) is 0 Å². The lowest BCUT2D eigenvalue weighted by atomic mass is 9.97. The summed E-state index contributed by atoms with van der Waals surface area (Å²) in [6.45, 7) is 4.96. The van der Waals surface area contributed by atoms with Gasteiger partial charge in [-0.15, -0.1) is 0 Å². The second-order valence-corrected chi connectivity index (χ2v) is 4.68. The van der Waals surface area contributed by atoms with Gasteiger partial charge in [0.05, 0.1) is 0 Å². The van der Waals surface area contributed by atoms with Gasteiger partial charge in [-0.1, -0.05) is 38.1 Å². The van der Waals surface area contributed by atoms with E-state index < -0.39 is 5.91 Å². The third-order valence-corrected chi connectivity index (χ3v) is 3.37. The molecule has 0 fully saturated rings. The van der Waals surface area contributed by atoms with Gasteiger partial charge in [0.25, 0.3) is 5.91 Å². The van der Waals surface area contributed by atoms with Gasteiger partial charge in [0.2, 0.25) is 6.29 Å². The van der Waals surface area contributed by atoms with Gasteiger partial charge >= 0.3 is 0 Å². The van der Waals surface area contributed by atoms with E-state index in [1.165, 1.54) is 16.0 Å². The van der Waals surface area contributed by atoms with Crippen LogP contribution in [-0.4, -0.2) is 30.7 Å². The fourth-order valence-electron chi connectivity index (χ4n) is 1.75. The smallest absolute Gasteiger partial charge is 0.286 e. The molecule has 1 unspecified atom stereocenters. The number of hydrogen-bond donors (Lipinski definition) is 0. The Morgan fingerprint density at radius 3 is 2.44 bits per heavy atom. The van der Waals surface area contributed by atoms with Gasteiger partial charge in [-0.2, -0.15) is 0 Å². The molecule has 0 aliphatic heterocycles. The van der Waals surface area contributed by atoms with Gasteiger partial charge in [0.15, 0.2) is 0 Å². The summed E-state index contributed by atoms with van der Waals surface area (Å²) in [5.41, 5.74) is 2.53. The van der Waals surface area contributed by atoms with Crippen LogP contribution >= 0.6 is 0 Å². The Hall–Kier alpha value is -1.64. The summed E-state index contributed by atoms with van der Waals surface area (Å²) >= 11 is 0. The lowest BCUT2D eigenvalue weighted by Gasteiger charge is -2.14. The Balaban J connectivity index is 2.54. The predicted octanol–water partition coefficient (Wildman–Crippen LogP) is 2.40. The van der Waals surface area contributed by atoms with Crippen molar-refractivity contribution in [1.82, 2.24) is 4.90 Å². The summed E-state index contributed by atoms with van der Waals surface area (Å²) in [4.78, 5) is 22.8. The van der Waals surface area contributed by atoms with E-state index in [0.29, 0.717) is 18.7 Å². The molecular weight excluding hydrogens is 226 g/mol. The van der Waals surface area contributed by atoms with Crippen molar-refractivity contribution in [2.45, 2.75) is 32.6 Å². The van der Waals surface area contributed by atoms with E-state index in [-0.39, 0.29) is 0 Å². The summed E-state index contributed by atoms with van der Waals surface area (Å²) in [6, 6.07) is 8.48. The molecule has 0 saturated heterocycles. The topological polar surface area (TPSA) is 37.4 Å². The third-order valence-electron chi connectivity index (χ3n) is 3.37. The molecule has 0 aliphatic carbocycles. The highest BCUT2D eigenvalue weighted by Crippen LogP contribution is 2.18. The Labute approximate surface area is 109 Å². The normalized spacial score (nSPS) is 11.9. The first-order chi connectivity index (χ1) is 8.58. The first-order valence-corrected chi connectivity index (χ1v) is 6.37. The van der Waals surface area contributed by atoms with E-state index in [0.717, 1.165) is 12.8 Å². The molecule has 0 spiro atoms. The van der Waals surface area contributed by atoms with Crippen molar-refractivity contribution >= 4 is 12.2 Å². The van der Waals surface area contributed by atoms with Crippen molar-refractivity contribution in [3.8, 4) is 0 Å². The van der Waals surface area contributed by atoms with E-state index >= 15 is 0 Å². The summed E-state index contributed by atoms with van der Waals surface area (Å²) in [5.74, 6) is 0.115. The van der Waals surface area contributed by atoms with Crippen LogP contribution in [0.15, 0.2) is 24.3 Å². The number of amides is 1. The number of nitrogens with zero attached hydrogens (tertiary/aromatic N) is 1. The van der Waals surface area contributed by atoms with Crippen LogP contribution in [0.2, 0.25) is 0 Å². The van der Waals surface area contributed by atoms with Crippen molar-refractivity contribution < 1.29 is 9.59 Å². The second kappa shape index (κ2) is 6.94. The quantitative estimate of drug-likeness (QED) is 0.572. The molecule has 1 rings (SSSR count). The molecule has 1 amide bonds. The minimum atomic E-state index is -0.466. The van der Waals surface area contributed by atoms with Crippen LogP contribution in [-0.2, 0) is 16.0 Å². The minimum absolute atomic E-state index is 0.353. The number of carbonyl (C=O) groups is 2. The maximum atomic E-state index is 11.1. The SMILES string of the molecule is CCC(C)c1ccc(CCN(C)C(=O)C=O)cc1. The molecule has 0 radical (unpaired) electrons. The summed E-state index contributed by atoms with van der Waals surface area (Å²) in [6.07, 6.45) is 2.26. The molecule has 18 heavy (non-hydrogen) atoms. The van der Waals surface area contributed by atoms with Crippen molar-refractivity contribution in [2.24, 2.45) is 0 Å². The molecule has 98 valence electrons. The minimum Gasteiger partial charge on any atom is -0.339 e. The van der Waals surface area contributed by atoms with Gasteiger partial charge in [-0.25, -0.2) is 0 Å². The van der Waals surface area contributed by atoms with Crippen LogP contribution in [0.25, 0.3) is 0 Å². The Morgan fingerprint density at radius 2 is 1.94 bits per heavy atom. The van der Waals surface area contributed by atoms with Crippen molar-refractivity contribution in [3.63, 3.8) is 0 Å². The first-order valence-electron chi connectivity index (χ1n) is 6.37. The number of rotatable bonds is 6. The molecule has 0 N–H and O–H groups in total. The fourth-order valence-corrected chi connectivity index (χ4v) is 1.75. The molecule has 1 aromatic carbocycles. The van der Waals surface area contributed by atoms with E-state index in [4.69, 9.17) is 0 Å². The van der Waals surface area contributed by atoms with E-state index in [2.05, 4.69) is 38.1 Å². The maximum absolute atomic E-state index is 11.1. The highest BCUT2D eigenvalue weighted by molar-refractivity contribution is 6.23. The zero-order valence-electron chi connectivity index (χ0n) is 11.3. The van der Waals surface area contributed by atoms with Crippen LogP contribution in [0.3, 0.4) is 0 Å². The number of aldehydes is 1. The zero-order valence-corrected chi connectivity index (χ0v) is 11.3. The summed E-state index contributed by atoms with van der Waals surface area (Å²) in [5, 5.41) is 0. The monoisotopic (exact) mass is 247 g/mol. The van der Waals surface area contributed by atoms with E-state index in [1.54, 1.807) is 7.05 Å². The number of carbonyl (C=O) groups excluding carboxylic acids is 2. The average molecular weight is 247 g/mol. The van der Waals surface area contributed by atoms with Crippen LogP contribution in [0.5, 0.6) is 0 Å². The first kappa shape index (κ1) is 14.4. The molecule has 0 aliphatic rings. The molecule has 0 bridgehead atoms. The number of benzene rings is 1. The van der Waals surface area contributed by atoms with Crippen LogP contribution in [0, 0.1) is 0 Å². The summed E-state index contributed by atoms with van der Waals surface area (Å²) < 4.78 is 0. The van der Waals surface area contributed by atoms with Crippen molar-refractivity contribution in [3.05, 3.63) is 35.4 Å². The summed E-state index contributed by atoms with van der Waals surface area (Å²) in [7, 11) is 1.64. The highest BCUT2D eigenvalue weighted by atomic mass is 16.2. The molecule has 0 aromatic heterocycles. The van der Waals surface area contributed by atoms with Crippen LogP contribution in [0.1, 0.15) is 37.3 Å². The molecule has 0 saturated carbocycles. The Morgan fingerprint density at radius 1 is 1.33 bits per heavy atom. The molecule has 3 nitrogen and oxygen atoms in total.